The highest BCUT2D eigenvalue weighted by atomic mass is 16.4. The van der Waals surface area contributed by atoms with Crippen molar-refractivity contribution in [2.45, 2.75) is 59.5 Å². The molecule has 0 aromatic heterocycles. The van der Waals surface area contributed by atoms with Gasteiger partial charge in [-0.3, -0.25) is 0 Å². The average molecular weight is 258 g/mol. The Balaban J connectivity index is 4.88. The summed E-state index contributed by atoms with van der Waals surface area (Å²) in [6, 6.07) is -1.26. The number of carbonyl (C=O) groups excluding carboxylic acids is 1. The van der Waals surface area contributed by atoms with Gasteiger partial charge in [-0.05, 0) is 25.7 Å². The average Bonchev–Trinajstić information content (AvgIpc) is 2.22. The van der Waals surface area contributed by atoms with Crippen LogP contribution in [0, 0.1) is 5.41 Å². The summed E-state index contributed by atoms with van der Waals surface area (Å²) in [6.45, 7) is 11.2. The molecular formula is C13H26N2O3. The largest absolute Gasteiger partial charge is 0.480 e. The Labute approximate surface area is 110 Å². The molecule has 2 amide bonds. The van der Waals surface area contributed by atoms with E-state index in [4.69, 9.17) is 5.11 Å². The lowest BCUT2D eigenvalue weighted by Crippen LogP contribution is -2.56. The molecule has 0 aliphatic rings. The number of amides is 2. The van der Waals surface area contributed by atoms with E-state index in [0.717, 1.165) is 6.42 Å². The highest BCUT2D eigenvalue weighted by molar-refractivity contribution is 5.83. The summed E-state index contributed by atoms with van der Waals surface area (Å²) in [6.07, 6.45) is 0.796. The first-order valence-electron chi connectivity index (χ1n) is 6.20. The maximum absolute atomic E-state index is 12.1. The molecule has 0 rings (SSSR count). The van der Waals surface area contributed by atoms with Crippen LogP contribution in [0.2, 0.25) is 0 Å². The Morgan fingerprint density at radius 2 is 1.67 bits per heavy atom. The van der Waals surface area contributed by atoms with Gasteiger partial charge in [0.25, 0.3) is 0 Å². The molecule has 0 fully saturated rings. The number of nitrogens with zero attached hydrogens (tertiary/aromatic N) is 1. The molecule has 0 bridgehead atoms. The van der Waals surface area contributed by atoms with Gasteiger partial charge in [-0.25, -0.2) is 9.59 Å². The Kier molecular flexibility index (Phi) is 5.20. The van der Waals surface area contributed by atoms with Crippen molar-refractivity contribution < 1.29 is 14.7 Å². The molecule has 0 saturated carbocycles. The summed E-state index contributed by atoms with van der Waals surface area (Å²) >= 11 is 0. The van der Waals surface area contributed by atoms with Crippen molar-refractivity contribution in [1.82, 2.24) is 10.2 Å². The van der Waals surface area contributed by atoms with Crippen LogP contribution >= 0.6 is 0 Å². The van der Waals surface area contributed by atoms with Crippen molar-refractivity contribution in [2.75, 3.05) is 7.05 Å². The number of carboxylic acid groups (broad SMARTS) is 1. The van der Waals surface area contributed by atoms with Crippen molar-refractivity contribution in [3.8, 4) is 0 Å². The Bertz CT molecular complexity index is 319. The minimum absolute atomic E-state index is 0.301. The van der Waals surface area contributed by atoms with Gasteiger partial charge in [0.1, 0.15) is 6.04 Å². The third-order valence-corrected chi connectivity index (χ3v) is 3.46. The van der Waals surface area contributed by atoms with Crippen molar-refractivity contribution >= 4 is 12.0 Å². The molecule has 1 unspecified atom stereocenters. The number of hydrogen-bond donors (Lipinski definition) is 2. The molecule has 0 aliphatic carbocycles. The summed E-state index contributed by atoms with van der Waals surface area (Å²) < 4.78 is 0. The summed E-state index contributed by atoms with van der Waals surface area (Å²) in [5.41, 5.74) is -0.830. The minimum atomic E-state index is -1.02. The van der Waals surface area contributed by atoms with Gasteiger partial charge in [0.2, 0.25) is 0 Å². The van der Waals surface area contributed by atoms with E-state index in [9.17, 15) is 9.59 Å². The first-order chi connectivity index (χ1) is 7.93. The summed E-state index contributed by atoms with van der Waals surface area (Å²) in [5, 5.41) is 11.8. The number of hydrogen-bond acceptors (Lipinski definition) is 2. The summed E-state index contributed by atoms with van der Waals surface area (Å²) in [7, 11) is 1.68. The first-order valence-corrected chi connectivity index (χ1v) is 6.20. The molecule has 1 atom stereocenters. The van der Waals surface area contributed by atoms with E-state index in [-0.39, 0.29) is 11.6 Å². The third-order valence-electron chi connectivity index (χ3n) is 3.46. The second-order valence-electron chi connectivity index (χ2n) is 6.31. The fraction of sp³-hybridized carbons (Fsp3) is 0.846. The summed E-state index contributed by atoms with van der Waals surface area (Å²) in [4.78, 5) is 24.8. The lowest BCUT2D eigenvalue weighted by Gasteiger charge is -2.37. The third kappa shape index (κ3) is 4.20. The Morgan fingerprint density at radius 1 is 1.22 bits per heavy atom. The van der Waals surface area contributed by atoms with E-state index in [1.165, 1.54) is 0 Å². The number of rotatable bonds is 4. The van der Waals surface area contributed by atoms with Crippen LogP contribution in [-0.4, -0.2) is 40.6 Å². The number of urea groups is 1. The van der Waals surface area contributed by atoms with Gasteiger partial charge in [0, 0.05) is 12.6 Å². The van der Waals surface area contributed by atoms with Gasteiger partial charge in [-0.1, -0.05) is 27.7 Å². The van der Waals surface area contributed by atoms with Crippen molar-refractivity contribution in [3.05, 3.63) is 0 Å². The predicted molar refractivity (Wildman–Crippen MR) is 71.5 cm³/mol. The molecule has 0 saturated heterocycles. The molecule has 0 aliphatic heterocycles. The summed E-state index contributed by atoms with van der Waals surface area (Å²) in [5.74, 6) is -1.02. The lowest BCUT2D eigenvalue weighted by atomic mass is 9.87. The van der Waals surface area contributed by atoms with Crippen LogP contribution < -0.4 is 5.32 Å². The van der Waals surface area contributed by atoms with E-state index in [0.29, 0.717) is 0 Å². The Morgan fingerprint density at radius 3 is 1.94 bits per heavy atom. The number of aliphatic carboxylic acids is 1. The zero-order valence-electron chi connectivity index (χ0n) is 12.5. The second kappa shape index (κ2) is 5.59. The molecule has 0 spiro atoms. The molecule has 5 heteroatoms. The van der Waals surface area contributed by atoms with Gasteiger partial charge in [-0.2, -0.15) is 0 Å². The van der Waals surface area contributed by atoms with E-state index < -0.39 is 17.4 Å². The van der Waals surface area contributed by atoms with Gasteiger partial charge >= 0.3 is 12.0 Å². The van der Waals surface area contributed by atoms with E-state index in [2.05, 4.69) is 5.32 Å². The highest BCUT2D eigenvalue weighted by Crippen LogP contribution is 2.21. The molecule has 0 radical (unpaired) electrons. The van der Waals surface area contributed by atoms with E-state index >= 15 is 0 Å². The fourth-order valence-electron chi connectivity index (χ4n) is 1.38. The molecule has 18 heavy (non-hydrogen) atoms. The van der Waals surface area contributed by atoms with Crippen LogP contribution in [0.5, 0.6) is 0 Å². The first kappa shape index (κ1) is 16.7. The van der Waals surface area contributed by atoms with Crippen LogP contribution in [0.25, 0.3) is 0 Å². The van der Waals surface area contributed by atoms with Gasteiger partial charge in [0.15, 0.2) is 0 Å². The second-order valence-corrected chi connectivity index (χ2v) is 6.31. The quantitative estimate of drug-likeness (QED) is 0.813. The monoisotopic (exact) mass is 258 g/mol. The van der Waals surface area contributed by atoms with Crippen molar-refractivity contribution in [1.29, 1.82) is 0 Å². The SMILES string of the molecule is CCC(C)(C)N(C)C(=O)NC(C(=O)O)C(C)(C)C. The van der Waals surface area contributed by atoms with E-state index in [1.807, 2.05) is 20.8 Å². The molecule has 106 valence electrons. The molecule has 0 aromatic rings. The molecule has 0 heterocycles. The molecule has 0 aromatic carbocycles. The minimum Gasteiger partial charge on any atom is -0.480 e. The van der Waals surface area contributed by atoms with Crippen LogP contribution in [-0.2, 0) is 4.79 Å². The van der Waals surface area contributed by atoms with E-state index in [1.54, 1.807) is 32.7 Å². The number of carboxylic acids is 1. The van der Waals surface area contributed by atoms with Crippen LogP contribution in [0.4, 0.5) is 4.79 Å². The van der Waals surface area contributed by atoms with Gasteiger partial charge in [-0.15, -0.1) is 0 Å². The molecule has 2 N–H and O–H groups in total. The maximum Gasteiger partial charge on any atom is 0.326 e. The zero-order chi connectivity index (χ0) is 14.7. The zero-order valence-corrected chi connectivity index (χ0v) is 12.5. The van der Waals surface area contributed by atoms with Crippen LogP contribution in [0.15, 0.2) is 0 Å². The van der Waals surface area contributed by atoms with Crippen molar-refractivity contribution in [3.63, 3.8) is 0 Å². The lowest BCUT2D eigenvalue weighted by molar-refractivity contribution is -0.142. The highest BCUT2D eigenvalue weighted by Gasteiger charge is 2.35. The van der Waals surface area contributed by atoms with Gasteiger partial charge in [0.05, 0.1) is 0 Å². The fourth-order valence-corrected chi connectivity index (χ4v) is 1.38. The molecular weight excluding hydrogens is 232 g/mol. The normalized spacial score (nSPS) is 13.9. The van der Waals surface area contributed by atoms with Crippen LogP contribution in [0.1, 0.15) is 48.0 Å². The predicted octanol–water partition coefficient (Wildman–Crippen LogP) is 2.32. The van der Waals surface area contributed by atoms with Gasteiger partial charge < -0.3 is 15.3 Å². The van der Waals surface area contributed by atoms with Crippen molar-refractivity contribution in [2.24, 2.45) is 5.41 Å². The number of carbonyl (C=O) groups is 2. The Hall–Kier alpha value is -1.26. The topological polar surface area (TPSA) is 69.6 Å². The standard InChI is InChI=1S/C13H26N2O3/c1-8-13(5,6)15(7)11(18)14-9(10(16)17)12(2,3)4/h9H,8H2,1-7H3,(H,14,18)(H,16,17). The number of nitrogens with one attached hydrogen (secondary N) is 1. The van der Waals surface area contributed by atoms with Crippen LogP contribution in [0.3, 0.4) is 0 Å². The maximum atomic E-state index is 12.1. The molecule has 5 nitrogen and oxygen atoms in total. The smallest absolute Gasteiger partial charge is 0.326 e.